The van der Waals surface area contributed by atoms with Crippen molar-refractivity contribution in [2.75, 3.05) is 24.6 Å². The molecule has 1 amide bonds. The van der Waals surface area contributed by atoms with E-state index >= 15 is 0 Å². The molecule has 2 aliphatic rings. The zero-order chi connectivity index (χ0) is 21.3. The van der Waals surface area contributed by atoms with Gasteiger partial charge in [0, 0.05) is 30.8 Å². The third kappa shape index (κ3) is 3.94. The van der Waals surface area contributed by atoms with Crippen molar-refractivity contribution in [1.29, 1.82) is 0 Å². The summed E-state index contributed by atoms with van der Waals surface area (Å²) < 4.78 is 21.1. The van der Waals surface area contributed by atoms with Gasteiger partial charge in [0.2, 0.25) is 5.91 Å². The summed E-state index contributed by atoms with van der Waals surface area (Å²) in [7, 11) is 0. The van der Waals surface area contributed by atoms with Gasteiger partial charge in [-0.05, 0) is 38.0 Å². The lowest BCUT2D eigenvalue weighted by Crippen LogP contribution is -2.33. The number of carbonyl (C=O) groups excluding carboxylic acids is 1. The Hall–Kier alpha value is -3.16. The van der Waals surface area contributed by atoms with Gasteiger partial charge >= 0.3 is 0 Å². The Kier molecular flexibility index (Phi) is 5.57. The van der Waals surface area contributed by atoms with E-state index in [1.165, 1.54) is 19.9 Å². The van der Waals surface area contributed by atoms with Gasteiger partial charge in [-0.15, -0.1) is 0 Å². The molecular formula is C22H26FN5O2. The largest absolute Gasteiger partial charge is 0.491 e. The molecule has 30 heavy (non-hydrogen) atoms. The molecule has 8 heteroatoms. The molecule has 2 bridgehead atoms. The van der Waals surface area contributed by atoms with E-state index in [0.29, 0.717) is 18.8 Å². The van der Waals surface area contributed by atoms with Gasteiger partial charge < -0.3 is 14.5 Å². The average molecular weight is 411 g/mol. The first-order valence-corrected chi connectivity index (χ1v) is 10.2. The monoisotopic (exact) mass is 411 g/mol. The summed E-state index contributed by atoms with van der Waals surface area (Å²) in [4.78, 5) is 21.0. The molecular weight excluding hydrogens is 385 g/mol. The van der Waals surface area contributed by atoms with Crippen LogP contribution in [0.1, 0.15) is 32.3 Å². The molecule has 0 spiro atoms. The van der Waals surface area contributed by atoms with Crippen LogP contribution in [-0.2, 0) is 16.1 Å². The van der Waals surface area contributed by atoms with Gasteiger partial charge in [-0.1, -0.05) is 6.58 Å². The van der Waals surface area contributed by atoms with E-state index in [1.54, 1.807) is 21.7 Å². The van der Waals surface area contributed by atoms with E-state index in [2.05, 4.69) is 16.6 Å². The molecule has 0 radical (unpaired) electrons. The first kappa shape index (κ1) is 20.1. The van der Waals surface area contributed by atoms with Crippen LogP contribution in [0.15, 0.2) is 54.4 Å². The van der Waals surface area contributed by atoms with Crippen molar-refractivity contribution in [3.8, 4) is 0 Å². The quantitative estimate of drug-likeness (QED) is 0.720. The van der Waals surface area contributed by atoms with Crippen LogP contribution in [0.4, 0.5) is 10.2 Å². The van der Waals surface area contributed by atoms with Crippen molar-refractivity contribution in [3.05, 3.63) is 59.9 Å². The predicted molar refractivity (Wildman–Crippen MR) is 112 cm³/mol. The molecule has 4 heterocycles. The van der Waals surface area contributed by atoms with E-state index in [-0.39, 0.29) is 24.4 Å². The van der Waals surface area contributed by atoms with Gasteiger partial charge in [0.1, 0.15) is 18.2 Å². The second-order valence-corrected chi connectivity index (χ2v) is 7.67. The first-order valence-electron chi connectivity index (χ1n) is 10.2. The molecule has 4 rings (SSSR count). The van der Waals surface area contributed by atoms with Gasteiger partial charge in [-0.25, -0.2) is 13.9 Å². The van der Waals surface area contributed by atoms with Crippen LogP contribution in [0.3, 0.4) is 0 Å². The Morgan fingerprint density at radius 3 is 2.97 bits per heavy atom. The van der Waals surface area contributed by atoms with Crippen LogP contribution in [0.5, 0.6) is 0 Å². The minimum atomic E-state index is -0.310. The minimum Gasteiger partial charge on any atom is -0.491 e. The van der Waals surface area contributed by atoms with E-state index < -0.39 is 0 Å². The lowest BCUT2D eigenvalue weighted by atomic mass is 10.0. The highest BCUT2D eigenvalue weighted by molar-refractivity contribution is 5.73. The second kappa shape index (κ2) is 8.30. The fourth-order valence-electron chi connectivity index (χ4n) is 4.00. The van der Waals surface area contributed by atoms with Crippen molar-refractivity contribution in [1.82, 2.24) is 19.5 Å². The number of nitrogens with zero attached hydrogens (tertiary/aromatic N) is 5. The number of hydrogen-bond donors (Lipinski definition) is 0. The zero-order valence-electron chi connectivity index (χ0n) is 17.3. The van der Waals surface area contributed by atoms with E-state index in [9.17, 15) is 9.18 Å². The van der Waals surface area contributed by atoms with Crippen LogP contribution in [0, 0.1) is 0 Å². The molecule has 2 aromatic heterocycles. The maximum Gasteiger partial charge on any atom is 0.219 e. The summed E-state index contributed by atoms with van der Waals surface area (Å²) >= 11 is 0. The lowest BCUT2D eigenvalue weighted by molar-refractivity contribution is -0.130. The summed E-state index contributed by atoms with van der Waals surface area (Å²) in [6.45, 7) is 9.12. The number of halogens is 1. The highest BCUT2D eigenvalue weighted by Gasteiger charge is 2.31. The van der Waals surface area contributed by atoms with E-state index in [1.807, 2.05) is 12.3 Å². The lowest BCUT2D eigenvalue weighted by Gasteiger charge is -2.28. The molecule has 1 saturated heterocycles. The normalized spacial score (nSPS) is 22.0. The Morgan fingerprint density at radius 1 is 1.37 bits per heavy atom. The number of hydrogen-bond acceptors (Lipinski definition) is 5. The van der Waals surface area contributed by atoms with Crippen molar-refractivity contribution in [2.45, 2.75) is 39.3 Å². The second-order valence-electron chi connectivity index (χ2n) is 7.67. The van der Waals surface area contributed by atoms with Crippen molar-refractivity contribution < 1.29 is 13.9 Å². The maximum atomic E-state index is 13.4. The van der Waals surface area contributed by atoms with Crippen molar-refractivity contribution in [3.63, 3.8) is 0 Å². The van der Waals surface area contributed by atoms with Crippen LogP contribution >= 0.6 is 0 Å². The summed E-state index contributed by atoms with van der Waals surface area (Å²) in [6, 6.07) is 1.95. The summed E-state index contributed by atoms with van der Waals surface area (Å²) in [5, 5.41) is 4.38. The van der Waals surface area contributed by atoms with E-state index in [4.69, 9.17) is 9.72 Å². The summed E-state index contributed by atoms with van der Waals surface area (Å²) in [6.07, 6.45) is 8.56. The number of carbonyl (C=O) groups is 1. The number of allylic oxidation sites excluding steroid dienone is 3. The fourth-order valence-corrected chi connectivity index (χ4v) is 4.00. The molecule has 0 N–H and O–H groups in total. The Balaban J connectivity index is 1.79. The molecule has 7 nitrogen and oxygen atoms in total. The van der Waals surface area contributed by atoms with Crippen molar-refractivity contribution in [2.24, 2.45) is 0 Å². The smallest absolute Gasteiger partial charge is 0.219 e. The minimum absolute atomic E-state index is 0.00977. The third-order valence-corrected chi connectivity index (χ3v) is 5.58. The topological polar surface area (TPSA) is 63.0 Å². The highest BCUT2D eigenvalue weighted by Crippen LogP contribution is 2.32. The molecule has 158 valence electrons. The number of aromatic nitrogens is 3. The molecule has 2 aliphatic heterocycles. The first-order chi connectivity index (χ1) is 14.4. The third-order valence-electron chi connectivity index (χ3n) is 5.58. The van der Waals surface area contributed by atoms with Crippen LogP contribution in [0.25, 0.3) is 5.65 Å². The number of anilines is 1. The molecule has 0 aliphatic carbocycles. The molecule has 0 saturated carbocycles. The summed E-state index contributed by atoms with van der Waals surface area (Å²) in [5.41, 5.74) is 2.41. The molecule has 1 atom stereocenters. The zero-order valence-corrected chi connectivity index (χ0v) is 17.3. The highest BCUT2D eigenvalue weighted by atomic mass is 19.1. The van der Waals surface area contributed by atoms with Crippen LogP contribution in [-0.4, -0.2) is 51.1 Å². The summed E-state index contributed by atoms with van der Waals surface area (Å²) in [5.74, 6) is 0.998. The van der Waals surface area contributed by atoms with Crippen molar-refractivity contribution >= 4 is 17.4 Å². The predicted octanol–water partition coefficient (Wildman–Crippen LogP) is 3.39. The Labute approximate surface area is 175 Å². The number of rotatable bonds is 1. The van der Waals surface area contributed by atoms with E-state index in [0.717, 1.165) is 42.0 Å². The molecule has 0 unspecified atom stereocenters. The van der Waals surface area contributed by atoms with Gasteiger partial charge in [0.05, 0.1) is 31.2 Å². The Morgan fingerprint density at radius 2 is 2.20 bits per heavy atom. The average Bonchev–Trinajstić information content (AvgIpc) is 3.35. The Bertz CT molecular complexity index is 1040. The number of fused-ring (bicyclic) bond motifs is 3. The molecule has 1 fully saturated rings. The van der Waals surface area contributed by atoms with Gasteiger partial charge in [-0.2, -0.15) is 5.10 Å². The van der Waals surface area contributed by atoms with Gasteiger partial charge in [-0.3, -0.25) is 4.79 Å². The number of ether oxygens (including phenoxy) is 1. The van der Waals surface area contributed by atoms with Gasteiger partial charge in [0.25, 0.3) is 0 Å². The fraction of sp³-hybridized carbons (Fsp3) is 0.409. The maximum absolute atomic E-state index is 13.4. The standard InChI is InChI=1S/C22H26FN5O2/c1-15(23)6-7-20-16(2)19-5-4-9-27(19)21-8-10-28-22(25-21)18(13-24-28)14-26(17(3)29)11-12-30-20/h6-8,10,13,19H,2,4-5,9,11-12,14H2,1,3H3/b15-6+,20-7+/t19-/m1/s1. The van der Waals surface area contributed by atoms with Crippen LogP contribution in [0.2, 0.25) is 0 Å². The molecule has 0 aromatic carbocycles. The number of amides is 1. The van der Waals surface area contributed by atoms with Gasteiger partial charge in [0.15, 0.2) is 5.65 Å². The van der Waals surface area contributed by atoms with Crippen LogP contribution < -0.4 is 4.90 Å². The SMILES string of the molecule is C=C1/C(=C\C=C(/C)F)OCCN(C(C)=O)Cc2cnn3ccc(nc23)N2CCC[C@H]12. The molecule has 2 aromatic rings.